The van der Waals surface area contributed by atoms with Crippen molar-refractivity contribution in [3.8, 4) is 6.07 Å². The molecule has 140 valence electrons. The summed E-state index contributed by atoms with van der Waals surface area (Å²) in [5.41, 5.74) is 1.90. The molecule has 2 rings (SSSR count). The van der Waals surface area contributed by atoms with Gasteiger partial charge in [0.2, 0.25) is 11.8 Å². The molecule has 0 radical (unpaired) electrons. The molecular weight excluding hydrogens is 360 g/mol. The van der Waals surface area contributed by atoms with Gasteiger partial charge in [-0.3, -0.25) is 14.5 Å². The molecule has 0 fully saturated rings. The molecule has 2 aromatic rings. The molecule has 7 heteroatoms. The number of rotatable bonds is 7. The lowest BCUT2D eigenvalue weighted by atomic mass is 10.2. The maximum Gasteiger partial charge on any atom is 0.241 e. The summed E-state index contributed by atoms with van der Waals surface area (Å²) in [4.78, 5) is 27.4. The van der Waals surface area contributed by atoms with Gasteiger partial charge in [0, 0.05) is 10.6 Å². The molecule has 0 bridgehead atoms. The molecule has 0 saturated heterocycles. The molecule has 2 aromatic carbocycles. The first-order chi connectivity index (χ1) is 12.9. The van der Waals surface area contributed by atoms with Crippen molar-refractivity contribution in [2.24, 2.45) is 0 Å². The highest BCUT2D eigenvalue weighted by atomic mass is 32.2. The van der Waals surface area contributed by atoms with Gasteiger partial charge < -0.3 is 10.6 Å². The quantitative estimate of drug-likeness (QED) is 0.719. The zero-order valence-electron chi connectivity index (χ0n) is 15.5. The topological polar surface area (TPSA) is 85.2 Å². The minimum absolute atomic E-state index is 0.0880. The van der Waals surface area contributed by atoms with E-state index in [1.165, 1.54) is 0 Å². The van der Waals surface area contributed by atoms with Gasteiger partial charge in [0.1, 0.15) is 0 Å². The van der Waals surface area contributed by atoms with Gasteiger partial charge in [0.05, 0.1) is 29.9 Å². The molecule has 0 heterocycles. The lowest BCUT2D eigenvalue weighted by Crippen LogP contribution is -2.43. The second kappa shape index (κ2) is 9.76. The smallest absolute Gasteiger partial charge is 0.241 e. The van der Waals surface area contributed by atoms with Crippen molar-refractivity contribution in [2.75, 3.05) is 30.5 Å². The Bertz CT molecular complexity index is 846. The number of hydrogen-bond acceptors (Lipinski definition) is 5. The van der Waals surface area contributed by atoms with Crippen LogP contribution < -0.4 is 10.6 Å². The van der Waals surface area contributed by atoms with E-state index in [1.54, 1.807) is 54.9 Å². The molecule has 0 aliphatic rings. The minimum atomic E-state index is -0.498. The normalized spacial score (nSPS) is 11.5. The molecule has 27 heavy (non-hydrogen) atoms. The number of nitrogens with zero attached hydrogens (tertiary/aromatic N) is 2. The van der Waals surface area contributed by atoms with Crippen LogP contribution in [0.25, 0.3) is 0 Å². The summed E-state index contributed by atoms with van der Waals surface area (Å²) in [6.45, 7) is 1.83. The number of nitriles is 1. The summed E-state index contributed by atoms with van der Waals surface area (Å²) < 4.78 is 0. The van der Waals surface area contributed by atoms with Gasteiger partial charge in [-0.2, -0.15) is 5.26 Å². The molecule has 2 amide bonds. The van der Waals surface area contributed by atoms with Crippen molar-refractivity contribution in [3.05, 3.63) is 54.1 Å². The maximum absolute atomic E-state index is 12.4. The second-order valence-electron chi connectivity index (χ2n) is 6.02. The van der Waals surface area contributed by atoms with E-state index in [0.717, 1.165) is 10.6 Å². The Hall–Kier alpha value is -2.82. The van der Waals surface area contributed by atoms with Crippen LogP contribution in [0.2, 0.25) is 0 Å². The van der Waals surface area contributed by atoms with Crippen molar-refractivity contribution >= 4 is 35.0 Å². The summed E-state index contributed by atoms with van der Waals surface area (Å²) in [7, 11) is 1.73. The van der Waals surface area contributed by atoms with E-state index in [9.17, 15) is 9.59 Å². The monoisotopic (exact) mass is 382 g/mol. The third-order valence-corrected chi connectivity index (χ3v) is 4.89. The predicted molar refractivity (Wildman–Crippen MR) is 109 cm³/mol. The van der Waals surface area contributed by atoms with E-state index < -0.39 is 6.04 Å². The molecular formula is C20H22N4O2S. The first kappa shape index (κ1) is 20.5. The number of amides is 2. The first-order valence-corrected chi connectivity index (χ1v) is 9.61. The number of hydrogen-bond donors (Lipinski definition) is 2. The van der Waals surface area contributed by atoms with E-state index in [1.807, 2.05) is 36.6 Å². The predicted octanol–water partition coefficient (Wildman–Crippen LogP) is 3.18. The van der Waals surface area contributed by atoms with Crippen molar-refractivity contribution in [3.63, 3.8) is 0 Å². The van der Waals surface area contributed by atoms with E-state index in [0.29, 0.717) is 11.3 Å². The van der Waals surface area contributed by atoms with Gasteiger partial charge in [0.25, 0.3) is 0 Å². The molecule has 0 aliphatic carbocycles. The molecule has 0 spiro atoms. The third-order valence-electron chi connectivity index (χ3n) is 4.10. The minimum Gasteiger partial charge on any atom is -0.325 e. The molecule has 2 N–H and O–H groups in total. The number of thioether (sulfide) groups is 1. The van der Waals surface area contributed by atoms with Crippen LogP contribution in [-0.2, 0) is 9.59 Å². The number of carbonyl (C=O) groups excluding carboxylic acids is 2. The highest BCUT2D eigenvalue weighted by Gasteiger charge is 2.20. The lowest BCUT2D eigenvalue weighted by Gasteiger charge is -2.23. The SMILES string of the molecule is CSc1ccccc1NC(=O)CN(C)[C@H](C)C(=O)Nc1ccc(C#N)cc1. The van der Waals surface area contributed by atoms with Gasteiger partial charge in [-0.25, -0.2) is 0 Å². The van der Waals surface area contributed by atoms with Gasteiger partial charge in [-0.1, -0.05) is 12.1 Å². The van der Waals surface area contributed by atoms with Crippen LogP contribution in [0.1, 0.15) is 12.5 Å². The van der Waals surface area contributed by atoms with Crippen LogP contribution in [-0.4, -0.2) is 42.6 Å². The van der Waals surface area contributed by atoms with Crippen molar-refractivity contribution in [1.82, 2.24) is 4.90 Å². The highest BCUT2D eigenvalue weighted by molar-refractivity contribution is 7.98. The Labute approximate surface area is 163 Å². The van der Waals surface area contributed by atoms with E-state index >= 15 is 0 Å². The number of benzene rings is 2. The Kier molecular flexibility index (Phi) is 7.41. The van der Waals surface area contributed by atoms with Gasteiger partial charge in [0.15, 0.2) is 0 Å². The fourth-order valence-electron chi connectivity index (χ4n) is 2.38. The van der Waals surface area contributed by atoms with E-state index in [4.69, 9.17) is 5.26 Å². The summed E-state index contributed by atoms with van der Waals surface area (Å²) in [5.74, 6) is -0.406. The average molecular weight is 382 g/mol. The summed E-state index contributed by atoms with van der Waals surface area (Å²) >= 11 is 1.56. The van der Waals surface area contributed by atoms with Crippen LogP contribution in [0.4, 0.5) is 11.4 Å². The Balaban J connectivity index is 1.91. The summed E-state index contributed by atoms with van der Waals surface area (Å²) in [6.07, 6.45) is 1.95. The Morgan fingerprint density at radius 1 is 1.15 bits per heavy atom. The van der Waals surface area contributed by atoms with Crippen molar-refractivity contribution in [2.45, 2.75) is 17.9 Å². The zero-order valence-corrected chi connectivity index (χ0v) is 16.3. The van der Waals surface area contributed by atoms with Crippen LogP contribution >= 0.6 is 11.8 Å². The molecule has 0 unspecified atom stereocenters. The summed E-state index contributed by atoms with van der Waals surface area (Å²) in [6, 6.07) is 15.7. The van der Waals surface area contributed by atoms with Gasteiger partial charge in [-0.15, -0.1) is 11.8 Å². The third kappa shape index (κ3) is 5.84. The fourth-order valence-corrected chi connectivity index (χ4v) is 2.93. The number of nitrogens with one attached hydrogen (secondary N) is 2. The van der Waals surface area contributed by atoms with Crippen LogP contribution in [0, 0.1) is 11.3 Å². The first-order valence-electron chi connectivity index (χ1n) is 8.38. The van der Waals surface area contributed by atoms with Crippen molar-refractivity contribution < 1.29 is 9.59 Å². The molecule has 0 aromatic heterocycles. The molecule has 1 atom stereocenters. The van der Waals surface area contributed by atoms with Crippen molar-refractivity contribution in [1.29, 1.82) is 5.26 Å². The largest absolute Gasteiger partial charge is 0.325 e. The van der Waals surface area contributed by atoms with Crippen LogP contribution in [0.3, 0.4) is 0 Å². The number of para-hydroxylation sites is 1. The zero-order chi connectivity index (χ0) is 19.8. The second-order valence-corrected chi connectivity index (χ2v) is 6.87. The molecule has 0 saturated carbocycles. The van der Waals surface area contributed by atoms with Crippen LogP contribution in [0.5, 0.6) is 0 Å². The number of anilines is 2. The average Bonchev–Trinajstić information content (AvgIpc) is 2.68. The van der Waals surface area contributed by atoms with Gasteiger partial charge in [-0.05, 0) is 56.6 Å². The lowest BCUT2D eigenvalue weighted by molar-refractivity contribution is -0.122. The van der Waals surface area contributed by atoms with Crippen LogP contribution in [0.15, 0.2) is 53.4 Å². The number of likely N-dealkylation sites (N-methyl/N-ethyl adjacent to an activating group) is 1. The fraction of sp³-hybridized carbons (Fsp3) is 0.250. The molecule has 0 aliphatic heterocycles. The summed E-state index contributed by atoms with van der Waals surface area (Å²) in [5, 5.41) is 14.5. The number of carbonyl (C=O) groups is 2. The molecule has 6 nitrogen and oxygen atoms in total. The Morgan fingerprint density at radius 2 is 1.81 bits per heavy atom. The van der Waals surface area contributed by atoms with E-state index in [-0.39, 0.29) is 18.4 Å². The Morgan fingerprint density at radius 3 is 2.44 bits per heavy atom. The van der Waals surface area contributed by atoms with E-state index in [2.05, 4.69) is 10.6 Å². The standard InChI is InChI=1S/C20H22N4O2S/c1-14(20(26)22-16-10-8-15(12-21)9-11-16)24(2)13-19(25)23-17-6-4-5-7-18(17)27-3/h4-11,14H,13H2,1-3H3,(H,22,26)(H,23,25)/t14-/m1/s1. The highest BCUT2D eigenvalue weighted by Crippen LogP contribution is 2.24. The maximum atomic E-state index is 12.4. The van der Waals surface area contributed by atoms with Gasteiger partial charge >= 0.3 is 0 Å².